The van der Waals surface area contributed by atoms with Crippen molar-refractivity contribution in [3.8, 4) is 0 Å². The first-order chi connectivity index (χ1) is 9.44. The molecular formula is C14H28N4O3. The van der Waals surface area contributed by atoms with Crippen LogP contribution in [0.4, 0.5) is 0 Å². The molecule has 0 aromatic carbocycles. The van der Waals surface area contributed by atoms with E-state index in [1.165, 1.54) is 11.9 Å². The molecule has 1 atom stereocenters. The molecule has 0 heterocycles. The van der Waals surface area contributed by atoms with E-state index >= 15 is 0 Å². The van der Waals surface area contributed by atoms with Gasteiger partial charge in [-0.25, -0.2) is 0 Å². The van der Waals surface area contributed by atoms with E-state index in [9.17, 15) is 14.4 Å². The average molecular weight is 300 g/mol. The highest BCUT2D eigenvalue weighted by Gasteiger charge is 2.20. The maximum Gasteiger partial charge on any atom is 0.242 e. The van der Waals surface area contributed by atoms with Crippen LogP contribution in [0.15, 0.2) is 0 Å². The van der Waals surface area contributed by atoms with Crippen molar-refractivity contribution in [3.63, 3.8) is 0 Å². The molecule has 21 heavy (non-hydrogen) atoms. The van der Waals surface area contributed by atoms with E-state index in [1.807, 2.05) is 34.6 Å². The molecule has 122 valence electrons. The molecule has 4 N–H and O–H groups in total. The topological polar surface area (TPSA) is 105 Å². The van der Waals surface area contributed by atoms with Crippen molar-refractivity contribution in [1.82, 2.24) is 15.5 Å². The van der Waals surface area contributed by atoms with Crippen molar-refractivity contribution in [3.05, 3.63) is 0 Å². The first kappa shape index (κ1) is 19.4. The molecular weight excluding hydrogens is 272 g/mol. The quantitative estimate of drug-likeness (QED) is 0.612. The van der Waals surface area contributed by atoms with Gasteiger partial charge in [0.1, 0.15) is 0 Å². The van der Waals surface area contributed by atoms with Gasteiger partial charge >= 0.3 is 0 Å². The van der Waals surface area contributed by atoms with Crippen molar-refractivity contribution in [2.75, 3.05) is 20.1 Å². The second kappa shape index (κ2) is 7.97. The van der Waals surface area contributed by atoms with Crippen molar-refractivity contribution in [1.29, 1.82) is 0 Å². The third-order valence-electron chi connectivity index (χ3n) is 2.76. The summed E-state index contributed by atoms with van der Waals surface area (Å²) in [4.78, 5) is 36.4. The summed E-state index contributed by atoms with van der Waals surface area (Å²) in [5.41, 5.74) is 5.32. The molecule has 0 aromatic heterocycles. The molecule has 0 aliphatic carbocycles. The Balaban J connectivity index is 4.23. The molecule has 0 fully saturated rings. The lowest BCUT2D eigenvalue weighted by Crippen LogP contribution is -2.50. The Morgan fingerprint density at radius 3 is 2.14 bits per heavy atom. The third-order valence-corrected chi connectivity index (χ3v) is 2.76. The highest BCUT2D eigenvalue weighted by molar-refractivity contribution is 5.89. The number of rotatable bonds is 6. The Morgan fingerprint density at radius 1 is 1.19 bits per heavy atom. The van der Waals surface area contributed by atoms with Crippen molar-refractivity contribution in [2.24, 2.45) is 11.7 Å². The van der Waals surface area contributed by atoms with Crippen molar-refractivity contribution >= 4 is 17.7 Å². The first-order valence-electron chi connectivity index (χ1n) is 7.02. The van der Waals surface area contributed by atoms with Gasteiger partial charge in [0.05, 0.1) is 19.1 Å². The van der Waals surface area contributed by atoms with Crippen molar-refractivity contribution < 1.29 is 14.4 Å². The minimum absolute atomic E-state index is 0.00426. The predicted molar refractivity (Wildman–Crippen MR) is 81.4 cm³/mol. The molecule has 3 amide bonds. The van der Waals surface area contributed by atoms with Gasteiger partial charge in [-0.2, -0.15) is 0 Å². The zero-order chi connectivity index (χ0) is 16.8. The fourth-order valence-corrected chi connectivity index (χ4v) is 1.48. The minimum atomic E-state index is -0.646. The molecule has 7 heteroatoms. The molecule has 0 saturated heterocycles. The number of hydrogen-bond donors (Lipinski definition) is 3. The maximum absolute atomic E-state index is 11.8. The summed E-state index contributed by atoms with van der Waals surface area (Å²) in [6.45, 7) is 9.02. The van der Waals surface area contributed by atoms with Crippen LogP contribution >= 0.6 is 0 Å². The molecule has 0 spiro atoms. The van der Waals surface area contributed by atoms with Crippen LogP contribution < -0.4 is 16.4 Å². The van der Waals surface area contributed by atoms with Crippen LogP contribution in [0.5, 0.6) is 0 Å². The Bertz CT molecular complexity index is 388. The van der Waals surface area contributed by atoms with Crippen LogP contribution in [-0.2, 0) is 14.4 Å². The van der Waals surface area contributed by atoms with E-state index in [4.69, 9.17) is 5.73 Å². The lowest BCUT2D eigenvalue weighted by Gasteiger charge is -2.23. The van der Waals surface area contributed by atoms with Gasteiger partial charge in [-0.3, -0.25) is 14.4 Å². The van der Waals surface area contributed by atoms with Gasteiger partial charge in [-0.15, -0.1) is 0 Å². The van der Waals surface area contributed by atoms with Gasteiger partial charge in [-0.05, 0) is 26.7 Å². The molecule has 0 aliphatic heterocycles. The van der Waals surface area contributed by atoms with Crippen LogP contribution in [0.3, 0.4) is 0 Å². The lowest BCUT2D eigenvalue weighted by molar-refractivity contribution is -0.136. The SMILES string of the molecule is CC(C)[C@H](N)C(=O)NCC(=O)N(C)CC(=O)NC(C)(C)C. The van der Waals surface area contributed by atoms with Crippen LogP contribution in [0.2, 0.25) is 0 Å². The van der Waals surface area contributed by atoms with E-state index in [1.54, 1.807) is 0 Å². The summed E-state index contributed by atoms with van der Waals surface area (Å²) in [7, 11) is 1.51. The smallest absolute Gasteiger partial charge is 0.242 e. The molecule has 0 bridgehead atoms. The van der Waals surface area contributed by atoms with Gasteiger partial charge in [-0.1, -0.05) is 13.8 Å². The fourth-order valence-electron chi connectivity index (χ4n) is 1.48. The lowest BCUT2D eigenvalue weighted by atomic mass is 10.1. The molecule has 7 nitrogen and oxygen atoms in total. The van der Waals surface area contributed by atoms with Gasteiger partial charge in [0.15, 0.2) is 0 Å². The summed E-state index contributed by atoms with van der Waals surface area (Å²) in [6.07, 6.45) is 0. The van der Waals surface area contributed by atoms with Crippen LogP contribution in [-0.4, -0.2) is 54.3 Å². The van der Waals surface area contributed by atoms with Gasteiger partial charge < -0.3 is 21.3 Å². The Hall–Kier alpha value is -1.63. The Labute approximate surface area is 126 Å². The fraction of sp³-hybridized carbons (Fsp3) is 0.786. The number of nitrogens with two attached hydrogens (primary N) is 1. The average Bonchev–Trinajstić information content (AvgIpc) is 2.31. The molecule has 0 saturated carbocycles. The molecule has 0 radical (unpaired) electrons. The van der Waals surface area contributed by atoms with E-state index in [2.05, 4.69) is 10.6 Å². The number of likely N-dealkylation sites (N-methyl/N-ethyl adjacent to an activating group) is 1. The van der Waals surface area contributed by atoms with Crippen LogP contribution in [0, 0.1) is 5.92 Å². The Morgan fingerprint density at radius 2 is 1.71 bits per heavy atom. The van der Waals surface area contributed by atoms with Gasteiger partial charge in [0, 0.05) is 12.6 Å². The zero-order valence-corrected chi connectivity index (χ0v) is 13.8. The summed E-state index contributed by atoms with van der Waals surface area (Å²) in [5, 5.41) is 5.24. The highest BCUT2D eigenvalue weighted by atomic mass is 16.2. The van der Waals surface area contributed by atoms with Crippen LogP contribution in [0.1, 0.15) is 34.6 Å². The number of carbonyl (C=O) groups excluding carboxylic acids is 3. The standard InChI is InChI=1S/C14H28N4O3/c1-9(2)12(15)13(21)16-7-11(20)18(6)8-10(19)17-14(3,4)5/h9,12H,7-8,15H2,1-6H3,(H,16,21)(H,17,19)/t12-/m0/s1. The van der Waals surface area contributed by atoms with Gasteiger partial charge in [0.25, 0.3) is 0 Å². The molecule has 0 aromatic rings. The Kier molecular flexibility index (Phi) is 7.35. The monoisotopic (exact) mass is 300 g/mol. The summed E-state index contributed by atoms with van der Waals surface area (Å²) in [5.74, 6) is -0.965. The number of nitrogens with zero attached hydrogens (tertiary/aromatic N) is 1. The van der Waals surface area contributed by atoms with E-state index in [0.29, 0.717) is 0 Å². The minimum Gasteiger partial charge on any atom is -0.350 e. The first-order valence-corrected chi connectivity index (χ1v) is 7.02. The summed E-state index contributed by atoms with van der Waals surface area (Å²) in [6, 6.07) is -0.646. The second-order valence-electron chi connectivity index (χ2n) is 6.54. The largest absolute Gasteiger partial charge is 0.350 e. The molecule has 0 rings (SSSR count). The zero-order valence-electron chi connectivity index (χ0n) is 13.8. The van der Waals surface area contributed by atoms with E-state index in [-0.39, 0.29) is 42.3 Å². The molecule has 0 unspecified atom stereocenters. The number of hydrogen-bond acceptors (Lipinski definition) is 4. The maximum atomic E-state index is 11.8. The second-order valence-corrected chi connectivity index (χ2v) is 6.54. The normalized spacial score (nSPS) is 12.8. The van der Waals surface area contributed by atoms with Gasteiger partial charge in [0.2, 0.25) is 17.7 Å². The molecule has 0 aliphatic rings. The number of amides is 3. The highest BCUT2D eigenvalue weighted by Crippen LogP contribution is 1.99. The summed E-state index contributed by atoms with van der Waals surface area (Å²) < 4.78 is 0. The summed E-state index contributed by atoms with van der Waals surface area (Å²) >= 11 is 0. The van der Waals surface area contributed by atoms with Crippen molar-refractivity contribution in [2.45, 2.75) is 46.2 Å². The number of nitrogens with one attached hydrogen (secondary N) is 2. The predicted octanol–water partition coefficient (Wildman–Crippen LogP) is -0.541. The van der Waals surface area contributed by atoms with Crippen LogP contribution in [0.25, 0.3) is 0 Å². The third kappa shape index (κ3) is 8.29. The van der Waals surface area contributed by atoms with E-state index in [0.717, 1.165) is 0 Å². The number of carbonyl (C=O) groups is 3. The van der Waals surface area contributed by atoms with E-state index < -0.39 is 6.04 Å².